The highest BCUT2D eigenvalue weighted by Crippen LogP contribution is 2.12. The molecule has 0 fully saturated rings. The largest absolute Gasteiger partial charge is 0.384 e. The minimum absolute atomic E-state index is 0. The van der Waals surface area contributed by atoms with Crippen LogP contribution in [0.3, 0.4) is 0 Å². The van der Waals surface area contributed by atoms with E-state index in [1.807, 2.05) is 18.2 Å². The molecule has 1 unspecified atom stereocenters. The summed E-state index contributed by atoms with van der Waals surface area (Å²) in [6.45, 7) is 0.630. The number of nitrogens with one attached hydrogen (secondary N) is 5. The van der Waals surface area contributed by atoms with Gasteiger partial charge in [0.1, 0.15) is 11.9 Å². The maximum atomic E-state index is 12.8. The summed E-state index contributed by atoms with van der Waals surface area (Å²) in [7, 11) is 0. The highest BCUT2D eigenvalue weighted by Gasteiger charge is 2.21. The first-order chi connectivity index (χ1) is 15.0. The Kier molecular flexibility index (Phi) is 9.40. The normalized spacial score (nSPS) is 11.1. The number of halogens is 1. The zero-order chi connectivity index (χ0) is 22.1. The van der Waals surface area contributed by atoms with Crippen molar-refractivity contribution in [1.29, 1.82) is 5.41 Å². The number of carbonyl (C=O) groups is 2. The number of nitrogen functional groups attached to an aromatic ring is 1. The van der Waals surface area contributed by atoms with Gasteiger partial charge in [0.2, 0.25) is 11.8 Å². The van der Waals surface area contributed by atoms with Gasteiger partial charge in [0, 0.05) is 42.9 Å². The van der Waals surface area contributed by atoms with Crippen LogP contribution in [0.5, 0.6) is 0 Å². The number of aromatic nitrogens is 2. The van der Waals surface area contributed by atoms with Gasteiger partial charge in [-0.15, -0.1) is 12.4 Å². The topological polar surface area (TPSA) is 149 Å². The van der Waals surface area contributed by atoms with E-state index in [2.05, 4.69) is 25.9 Å². The van der Waals surface area contributed by atoms with E-state index in [-0.39, 0.29) is 36.6 Å². The van der Waals surface area contributed by atoms with Crippen LogP contribution in [0.15, 0.2) is 67.1 Å². The Balaban J connectivity index is 0.00000363. The maximum absolute atomic E-state index is 12.8. The molecular formula is C22H26ClN7O2. The van der Waals surface area contributed by atoms with Crippen LogP contribution in [-0.4, -0.2) is 34.2 Å². The second-order valence-electron chi connectivity index (χ2n) is 6.91. The molecule has 9 nitrogen and oxygen atoms in total. The fourth-order valence-corrected chi connectivity index (χ4v) is 2.93. The molecule has 0 aliphatic carbocycles. The van der Waals surface area contributed by atoms with Crippen LogP contribution in [0.1, 0.15) is 28.4 Å². The third-order valence-corrected chi connectivity index (χ3v) is 4.61. The lowest BCUT2D eigenvalue weighted by atomic mass is 10.1. The van der Waals surface area contributed by atoms with Gasteiger partial charge in [0.15, 0.2) is 0 Å². The first-order valence-electron chi connectivity index (χ1n) is 9.76. The molecule has 0 aliphatic heterocycles. The van der Waals surface area contributed by atoms with Crippen LogP contribution >= 0.6 is 12.4 Å². The van der Waals surface area contributed by atoms with Crippen molar-refractivity contribution >= 4 is 30.1 Å². The molecule has 0 radical (unpaired) electrons. The predicted octanol–water partition coefficient (Wildman–Crippen LogP) is 1.38. The Hall–Kier alpha value is -3.69. The summed E-state index contributed by atoms with van der Waals surface area (Å²) in [6, 6.07) is 13.8. The van der Waals surface area contributed by atoms with Gasteiger partial charge < -0.3 is 21.4 Å². The fourth-order valence-electron chi connectivity index (χ4n) is 2.93. The zero-order valence-corrected chi connectivity index (χ0v) is 18.1. The number of carbonyl (C=O) groups excluding carboxylic acids is 2. The maximum Gasteiger partial charge on any atom is 0.243 e. The average molecular weight is 456 g/mol. The molecule has 0 saturated heterocycles. The van der Waals surface area contributed by atoms with Crippen molar-refractivity contribution in [3.8, 4) is 0 Å². The molecule has 1 atom stereocenters. The van der Waals surface area contributed by atoms with E-state index in [0.29, 0.717) is 24.3 Å². The number of rotatable bonds is 10. The highest BCUT2D eigenvalue weighted by atomic mass is 35.5. The molecule has 0 aliphatic rings. The van der Waals surface area contributed by atoms with Crippen molar-refractivity contribution in [1.82, 2.24) is 25.9 Å². The van der Waals surface area contributed by atoms with Gasteiger partial charge in [-0.25, -0.2) is 0 Å². The highest BCUT2D eigenvalue weighted by molar-refractivity contribution is 5.94. The summed E-state index contributed by atoms with van der Waals surface area (Å²) in [5.74, 6) is -0.605. The van der Waals surface area contributed by atoms with Crippen LogP contribution in [0, 0.1) is 5.41 Å². The standard InChI is InChI=1S/C22H25N7O2.ClH/c23-21(24)17-7-5-15(6-8-17)12-28-20(18-4-2-10-26-18)22(31)29-14-19(30)27-13-16-3-1-9-25-11-16;/h1-11,20,26,28H,12-14H2,(H3,23,24)(H,27,30)(H,29,31);1H. The Bertz CT molecular complexity index is 1010. The van der Waals surface area contributed by atoms with Gasteiger partial charge >= 0.3 is 0 Å². The van der Waals surface area contributed by atoms with Crippen LogP contribution in [0.25, 0.3) is 0 Å². The number of benzene rings is 1. The Morgan fingerprint density at radius 2 is 1.81 bits per heavy atom. The number of nitrogens with two attached hydrogens (primary N) is 1. The van der Waals surface area contributed by atoms with E-state index in [0.717, 1.165) is 11.1 Å². The van der Waals surface area contributed by atoms with Crippen molar-refractivity contribution < 1.29 is 9.59 Å². The summed E-state index contributed by atoms with van der Waals surface area (Å²) in [6.07, 6.45) is 5.07. The molecule has 3 aromatic rings. The van der Waals surface area contributed by atoms with E-state index in [4.69, 9.17) is 11.1 Å². The van der Waals surface area contributed by atoms with Crippen molar-refractivity contribution in [2.45, 2.75) is 19.1 Å². The quantitative estimate of drug-likeness (QED) is 0.202. The summed E-state index contributed by atoms with van der Waals surface area (Å²) < 4.78 is 0. The van der Waals surface area contributed by atoms with Gasteiger partial charge in [-0.3, -0.25) is 25.3 Å². The number of amidine groups is 1. The van der Waals surface area contributed by atoms with Crippen LogP contribution in [0.2, 0.25) is 0 Å². The van der Waals surface area contributed by atoms with Gasteiger partial charge in [-0.1, -0.05) is 30.3 Å². The Morgan fingerprint density at radius 3 is 2.44 bits per heavy atom. The summed E-state index contributed by atoms with van der Waals surface area (Å²) in [5, 5.41) is 16.1. The molecule has 0 spiro atoms. The first-order valence-corrected chi connectivity index (χ1v) is 9.76. The molecule has 2 aromatic heterocycles. The van der Waals surface area contributed by atoms with E-state index in [9.17, 15) is 9.59 Å². The summed E-state index contributed by atoms with van der Waals surface area (Å²) in [4.78, 5) is 31.9. The molecule has 7 N–H and O–H groups in total. The van der Waals surface area contributed by atoms with Crippen LogP contribution in [0.4, 0.5) is 0 Å². The van der Waals surface area contributed by atoms with Crippen LogP contribution in [-0.2, 0) is 22.7 Å². The van der Waals surface area contributed by atoms with Crippen molar-refractivity contribution in [2.75, 3.05) is 6.54 Å². The Labute approximate surface area is 192 Å². The molecule has 3 rings (SSSR count). The molecule has 10 heteroatoms. The second-order valence-corrected chi connectivity index (χ2v) is 6.91. The molecular weight excluding hydrogens is 430 g/mol. The number of hydrogen-bond donors (Lipinski definition) is 6. The van der Waals surface area contributed by atoms with Gasteiger partial charge in [-0.2, -0.15) is 0 Å². The lowest BCUT2D eigenvalue weighted by Gasteiger charge is -2.18. The van der Waals surface area contributed by atoms with Gasteiger partial charge in [0.05, 0.1) is 6.54 Å². The SMILES string of the molecule is Cl.N=C(N)c1ccc(CNC(C(=O)NCC(=O)NCc2cccnc2)c2ccc[nH]2)cc1. The van der Waals surface area contributed by atoms with Gasteiger partial charge in [-0.05, 0) is 29.3 Å². The molecule has 0 bridgehead atoms. The van der Waals surface area contributed by atoms with Gasteiger partial charge in [0.25, 0.3) is 0 Å². The monoisotopic (exact) mass is 455 g/mol. The second kappa shape index (κ2) is 12.2. The molecule has 168 valence electrons. The number of pyridine rings is 1. The van der Waals surface area contributed by atoms with E-state index >= 15 is 0 Å². The number of hydrogen-bond acceptors (Lipinski definition) is 5. The molecule has 1 aromatic carbocycles. The average Bonchev–Trinajstić information content (AvgIpc) is 3.32. The first kappa shape index (κ1) is 24.6. The summed E-state index contributed by atoms with van der Waals surface area (Å²) in [5.41, 5.74) is 8.62. The molecule has 32 heavy (non-hydrogen) atoms. The lowest BCUT2D eigenvalue weighted by Crippen LogP contribution is -2.42. The molecule has 0 saturated carbocycles. The minimum atomic E-state index is -0.659. The van der Waals surface area contributed by atoms with Crippen LogP contribution < -0.4 is 21.7 Å². The number of aromatic amines is 1. The van der Waals surface area contributed by atoms with E-state index in [1.165, 1.54) is 0 Å². The summed E-state index contributed by atoms with van der Waals surface area (Å²) >= 11 is 0. The van der Waals surface area contributed by atoms with Crippen molar-refractivity contribution in [3.63, 3.8) is 0 Å². The third-order valence-electron chi connectivity index (χ3n) is 4.61. The Morgan fingerprint density at radius 1 is 1.03 bits per heavy atom. The minimum Gasteiger partial charge on any atom is -0.384 e. The lowest BCUT2D eigenvalue weighted by molar-refractivity contribution is -0.127. The fraction of sp³-hybridized carbons (Fsp3) is 0.182. The third kappa shape index (κ3) is 7.22. The van der Waals surface area contributed by atoms with E-state index in [1.54, 1.807) is 48.9 Å². The molecule has 2 amide bonds. The predicted molar refractivity (Wildman–Crippen MR) is 124 cm³/mol. The number of nitrogens with zero attached hydrogens (tertiary/aromatic N) is 1. The number of H-pyrrole nitrogens is 1. The van der Waals surface area contributed by atoms with E-state index < -0.39 is 6.04 Å². The zero-order valence-electron chi connectivity index (χ0n) is 17.3. The van der Waals surface area contributed by atoms with Crippen molar-refractivity contribution in [2.24, 2.45) is 5.73 Å². The molecule has 2 heterocycles. The van der Waals surface area contributed by atoms with Crippen molar-refractivity contribution in [3.05, 3.63) is 89.5 Å². The number of amides is 2. The smallest absolute Gasteiger partial charge is 0.243 e.